The Kier molecular flexibility index (Phi) is 5.36. The van der Waals surface area contributed by atoms with Gasteiger partial charge < -0.3 is 4.42 Å². The molecule has 1 heterocycles. The van der Waals surface area contributed by atoms with Crippen LogP contribution < -0.4 is 3.11 Å². The minimum atomic E-state index is -4.43. The van der Waals surface area contributed by atoms with Crippen LogP contribution in [0.2, 0.25) is 0 Å². The number of rotatable bonds is 3. The van der Waals surface area contributed by atoms with Crippen molar-refractivity contribution < 1.29 is 17.6 Å². The van der Waals surface area contributed by atoms with Gasteiger partial charge in [0.05, 0.1) is 39.8 Å². The minimum Gasteiger partial charge on any atom is -0.454 e. The molecular weight excluding hydrogens is 514 g/mol. The smallest absolute Gasteiger partial charge is 0.418 e. The van der Waals surface area contributed by atoms with E-state index in [1.807, 2.05) is 47.1 Å². The van der Waals surface area contributed by atoms with Crippen LogP contribution in [-0.2, 0) is 6.18 Å². The van der Waals surface area contributed by atoms with Gasteiger partial charge in [0.25, 0.3) is 0 Å². The monoisotopic (exact) mass is 535 g/mol. The van der Waals surface area contributed by atoms with Crippen molar-refractivity contribution in [3.05, 3.63) is 71.8 Å². The van der Waals surface area contributed by atoms with Crippen molar-refractivity contribution in [1.29, 1.82) is 0 Å². The van der Waals surface area contributed by atoms with Crippen molar-refractivity contribution in [2.45, 2.75) is 44.2 Å². The van der Waals surface area contributed by atoms with Crippen LogP contribution in [0.3, 0.4) is 0 Å². The van der Waals surface area contributed by atoms with Gasteiger partial charge in [0.1, 0.15) is 5.58 Å². The first-order valence-electron chi connectivity index (χ1n) is 10.5. The number of benzene rings is 3. The lowest BCUT2D eigenvalue weighted by molar-refractivity contribution is -0.137. The molecule has 1 aliphatic rings. The fraction of sp³-hybridized carbons (Fsp3) is 0.280. The lowest BCUT2D eigenvalue weighted by Crippen LogP contribution is -2.12. The van der Waals surface area contributed by atoms with Crippen LogP contribution in [0.4, 0.5) is 24.5 Å². The fourth-order valence-electron chi connectivity index (χ4n) is 4.73. The standard InChI is InChI=1S/C25H21F3INO/c26-25(27,28)20-13-4-5-14-21(20)30(29)22-15-7-12-19-18-11-6-10-17(23(18)31-24(19)22)16-8-2-1-3-9-16/h4-7,10-16H,1-3,8-9H2. The molecule has 0 unspecified atom stereocenters. The number of alkyl halides is 3. The van der Waals surface area contributed by atoms with Gasteiger partial charge in [-0.15, -0.1) is 0 Å². The second-order valence-electron chi connectivity index (χ2n) is 8.11. The molecule has 2 nitrogen and oxygen atoms in total. The summed E-state index contributed by atoms with van der Waals surface area (Å²) in [5, 5.41) is 1.95. The summed E-state index contributed by atoms with van der Waals surface area (Å²) in [6.07, 6.45) is 1.60. The van der Waals surface area contributed by atoms with Crippen LogP contribution in [0.25, 0.3) is 21.9 Å². The lowest BCUT2D eigenvalue weighted by atomic mass is 9.83. The normalized spacial score (nSPS) is 15.6. The molecule has 0 N–H and O–H groups in total. The Hall–Kier alpha value is -2.22. The molecule has 4 aromatic rings. The van der Waals surface area contributed by atoms with Crippen LogP contribution in [0.1, 0.15) is 49.1 Å². The maximum absolute atomic E-state index is 13.6. The molecular formula is C25H21F3INO. The zero-order valence-corrected chi connectivity index (χ0v) is 18.9. The molecule has 1 saturated carbocycles. The van der Waals surface area contributed by atoms with Crippen LogP contribution in [0.5, 0.6) is 0 Å². The molecule has 0 radical (unpaired) electrons. The molecule has 1 aliphatic carbocycles. The summed E-state index contributed by atoms with van der Waals surface area (Å²) in [6, 6.07) is 17.5. The van der Waals surface area contributed by atoms with E-state index in [-0.39, 0.29) is 5.69 Å². The number of anilines is 2. The molecule has 31 heavy (non-hydrogen) atoms. The third kappa shape index (κ3) is 3.69. The quantitative estimate of drug-likeness (QED) is 0.192. The van der Waals surface area contributed by atoms with Crippen molar-refractivity contribution in [2.24, 2.45) is 0 Å². The Morgan fingerprint density at radius 3 is 2.16 bits per heavy atom. The highest BCUT2D eigenvalue weighted by atomic mass is 127. The topological polar surface area (TPSA) is 16.4 Å². The van der Waals surface area contributed by atoms with Crippen molar-refractivity contribution in [3.63, 3.8) is 0 Å². The van der Waals surface area contributed by atoms with Gasteiger partial charge in [0.15, 0.2) is 5.58 Å². The van der Waals surface area contributed by atoms with Crippen molar-refractivity contribution in [2.75, 3.05) is 3.11 Å². The first kappa shape index (κ1) is 20.7. The van der Waals surface area contributed by atoms with Gasteiger partial charge in [-0.05, 0) is 42.5 Å². The average molecular weight is 535 g/mol. The highest BCUT2D eigenvalue weighted by molar-refractivity contribution is 14.1. The fourth-order valence-corrected chi connectivity index (χ4v) is 5.53. The van der Waals surface area contributed by atoms with Crippen molar-refractivity contribution in [3.8, 4) is 0 Å². The largest absolute Gasteiger partial charge is 0.454 e. The van der Waals surface area contributed by atoms with Gasteiger partial charge in [-0.1, -0.05) is 61.7 Å². The number of nitrogens with zero attached hydrogens (tertiary/aromatic N) is 1. The van der Waals surface area contributed by atoms with E-state index < -0.39 is 11.7 Å². The summed E-state index contributed by atoms with van der Waals surface area (Å²) < 4.78 is 48.8. The van der Waals surface area contributed by atoms with E-state index in [2.05, 4.69) is 12.1 Å². The summed E-state index contributed by atoms with van der Waals surface area (Å²) >= 11 is 1.94. The van der Waals surface area contributed by atoms with Gasteiger partial charge in [0, 0.05) is 10.8 Å². The molecule has 0 aliphatic heterocycles. The van der Waals surface area contributed by atoms with Gasteiger partial charge in [0.2, 0.25) is 0 Å². The number of para-hydroxylation sites is 3. The molecule has 6 heteroatoms. The van der Waals surface area contributed by atoms with Crippen molar-refractivity contribution in [1.82, 2.24) is 0 Å². The van der Waals surface area contributed by atoms with E-state index in [1.54, 1.807) is 9.18 Å². The maximum Gasteiger partial charge on any atom is 0.418 e. The molecule has 1 fully saturated rings. The zero-order valence-electron chi connectivity index (χ0n) is 16.8. The molecule has 5 rings (SSSR count). The predicted octanol–water partition coefficient (Wildman–Crippen LogP) is 9.14. The third-order valence-electron chi connectivity index (χ3n) is 6.21. The molecule has 3 aromatic carbocycles. The van der Waals surface area contributed by atoms with Crippen LogP contribution >= 0.6 is 22.9 Å². The highest BCUT2D eigenvalue weighted by Gasteiger charge is 2.35. The molecule has 1 aromatic heterocycles. The van der Waals surface area contributed by atoms with Crippen molar-refractivity contribution >= 4 is 56.2 Å². The van der Waals surface area contributed by atoms with Crippen LogP contribution in [0, 0.1) is 0 Å². The Balaban J connectivity index is 1.68. The SMILES string of the molecule is FC(F)(F)c1ccccc1N(I)c1cccc2c1oc1c(C3CCCCC3)cccc12. The second-order valence-corrected chi connectivity index (χ2v) is 9.08. The van der Waals surface area contributed by atoms with Gasteiger partial charge >= 0.3 is 6.18 Å². The molecule has 0 atom stereocenters. The Morgan fingerprint density at radius 2 is 1.42 bits per heavy atom. The van der Waals surface area contributed by atoms with E-state index in [0.717, 1.165) is 35.3 Å². The minimum absolute atomic E-state index is 0.0936. The highest BCUT2D eigenvalue weighted by Crippen LogP contribution is 2.46. The molecule has 0 spiro atoms. The lowest BCUT2D eigenvalue weighted by Gasteiger charge is -2.22. The molecule has 160 valence electrons. The summed E-state index contributed by atoms with van der Waals surface area (Å²) in [5.74, 6) is 0.475. The van der Waals surface area contributed by atoms with Crippen LogP contribution in [0.15, 0.2) is 65.1 Å². The van der Waals surface area contributed by atoms with Gasteiger partial charge in [-0.3, -0.25) is 3.11 Å². The maximum atomic E-state index is 13.6. The van der Waals surface area contributed by atoms with Gasteiger partial charge in [-0.2, -0.15) is 13.2 Å². The first-order valence-corrected chi connectivity index (χ1v) is 11.5. The second kappa shape index (κ2) is 8.04. The molecule has 0 saturated heterocycles. The average Bonchev–Trinajstić information content (AvgIpc) is 3.17. The van der Waals surface area contributed by atoms with Gasteiger partial charge in [-0.25, -0.2) is 0 Å². The first-order chi connectivity index (χ1) is 14.9. The number of hydrogen-bond donors (Lipinski definition) is 0. The number of hydrogen-bond acceptors (Lipinski definition) is 2. The summed E-state index contributed by atoms with van der Waals surface area (Å²) in [4.78, 5) is 0. The summed E-state index contributed by atoms with van der Waals surface area (Å²) in [7, 11) is 0. The van der Waals surface area contributed by atoms with E-state index in [4.69, 9.17) is 4.42 Å². The van der Waals surface area contributed by atoms with E-state index in [9.17, 15) is 13.2 Å². The predicted molar refractivity (Wildman–Crippen MR) is 127 cm³/mol. The van der Waals surface area contributed by atoms with Crippen LogP contribution in [-0.4, -0.2) is 0 Å². The number of furan rings is 1. The Labute approximate surface area is 192 Å². The third-order valence-corrected chi connectivity index (χ3v) is 7.25. The molecule has 0 amide bonds. The number of halogens is 4. The number of fused-ring (bicyclic) bond motifs is 3. The van der Waals surface area contributed by atoms with E-state index in [1.165, 1.54) is 37.0 Å². The Morgan fingerprint density at radius 1 is 0.774 bits per heavy atom. The van der Waals surface area contributed by atoms with E-state index in [0.29, 0.717) is 17.2 Å². The summed E-state index contributed by atoms with van der Waals surface area (Å²) in [6.45, 7) is 0. The zero-order chi connectivity index (χ0) is 21.6. The van der Waals surface area contributed by atoms with E-state index >= 15 is 0 Å². The molecule has 0 bridgehead atoms. The Bertz CT molecular complexity index is 1240. The summed E-state index contributed by atoms with van der Waals surface area (Å²) in [5.41, 5.74) is 2.74.